The molecule has 0 unspecified atom stereocenters. The van der Waals surface area contributed by atoms with E-state index in [9.17, 15) is 25.0 Å². The Labute approximate surface area is 153 Å². The fraction of sp³-hybridized carbons (Fsp3) is 0.333. The van der Waals surface area contributed by atoms with Crippen molar-refractivity contribution in [3.63, 3.8) is 0 Å². The molecule has 1 amide bonds. The zero-order valence-electron chi connectivity index (χ0n) is 14.6. The quantitative estimate of drug-likeness (QED) is 0.514. The zero-order chi connectivity index (χ0) is 20.0. The second kappa shape index (κ2) is 8.60. The summed E-state index contributed by atoms with van der Waals surface area (Å²) in [5.74, 6) is -0.361. The van der Waals surface area contributed by atoms with Crippen molar-refractivity contribution >= 4 is 23.0 Å². The number of ether oxygens (including phenoxy) is 2. The first kappa shape index (κ1) is 19.6. The van der Waals surface area contributed by atoms with Crippen molar-refractivity contribution in [2.24, 2.45) is 0 Å². The molecule has 0 fully saturated rings. The molecule has 1 aromatic carbocycles. The van der Waals surface area contributed by atoms with Gasteiger partial charge in [0, 0.05) is 6.42 Å². The van der Waals surface area contributed by atoms with Crippen molar-refractivity contribution in [1.29, 1.82) is 0 Å². The van der Waals surface area contributed by atoms with E-state index in [0.717, 1.165) is 6.20 Å². The molecule has 12 heteroatoms. The first-order valence-electron chi connectivity index (χ1n) is 7.82. The number of aromatic nitrogens is 2. The Hall–Kier alpha value is -3.70. The van der Waals surface area contributed by atoms with Crippen LogP contribution in [0.5, 0.6) is 11.6 Å². The number of benzene rings is 1. The number of rotatable bonds is 9. The highest BCUT2D eigenvalue weighted by molar-refractivity contribution is 5.93. The second-order valence-corrected chi connectivity index (χ2v) is 5.21. The number of nitro groups is 2. The molecule has 0 atom stereocenters. The SMILES string of the molecule is CCOc1ccc(NC(=O)CCn2cc([N+](=O)[O-])c(OC)n2)c([N+](=O)[O-])c1. The van der Waals surface area contributed by atoms with Gasteiger partial charge in [-0.1, -0.05) is 0 Å². The highest BCUT2D eigenvalue weighted by atomic mass is 16.6. The van der Waals surface area contributed by atoms with Crippen LogP contribution >= 0.6 is 0 Å². The van der Waals surface area contributed by atoms with Crippen molar-refractivity contribution in [2.45, 2.75) is 19.9 Å². The molecule has 0 saturated carbocycles. The molecule has 2 aromatic rings. The van der Waals surface area contributed by atoms with Crippen LogP contribution in [0.15, 0.2) is 24.4 Å². The fourth-order valence-electron chi connectivity index (χ4n) is 2.23. The number of anilines is 1. The average molecular weight is 379 g/mol. The third-order valence-electron chi connectivity index (χ3n) is 3.42. The van der Waals surface area contributed by atoms with Crippen LogP contribution in [0.1, 0.15) is 13.3 Å². The van der Waals surface area contributed by atoms with Crippen LogP contribution in [0, 0.1) is 20.2 Å². The van der Waals surface area contributed by atoms with Crippen LogP contribution < -0.4 is 14.8 Å². The van der Waals surface area contributed by atoms with Crippen molar-refractivity contribution in [3.05, 3.63) is 44.6 Å². The first-order chi connectivity index (χ1) is 12.8. The molecular formula is C15H17N5O7. The molecule has 0 radical (unpaired) electrons. The lowest BCUT2D eigenvalue weighted by atomic mass is 10.2. The minimum Gasteiger partial charge on any atom is -0.494 e. The van der Waals surface area contributed by atoms with Gasteiger partial charge in [0.2, 0.25) is 5.91 Å². The van der Waals surface area contributed by atoms with Crippen LogP contribution in [0.4, 0.5) is 17.1 Å². The normalized spacial score (nSPS) is 10.3. The maximum atomic E-state index is 12.1. The Morgan fingerprint density at radius 3 is 2.52 bits per heavy atom. The number of nitrogens with one attached hydrogen (secondary N) is 1. The summed E-state index contributed by atoms with van der Waals surface area (Å²) in [4.78, 5) is 32.9. The lowest BCUT2D eigenvalue weighted by Gasteiger charge is -2.08. The van der Waals surface area contributed by atoms with Gasteiger partial charge in [-0.2, -0.15) is 0 Å². The summed E-state index contributed by atoms with van der Waals surface area (Å²) in [6.45, 7) is 2.12. The van der Waals surface area contributed by atoms with Gasteiger partial charge in [-0.3, -0.25) is 29.7 Å². The standard InChI is InChI=1S/C15H17N5O7/c1-3-27-10-4-5-11(12(8-10)19(22)23)16-14(21)6-7-18-9-13(20(24)25)15(17-18)26-2/h4-5,8-9H,3,6-7H2,1-2H3,(H,16,21). The molecule has 1 heterocycles. The summed E-state index contributed by atoms with van der Waals surface area (Å²) in [5.41, 5.74) is -0.594. The highest BCUT2D eigenvalue weighted by Crippen LogP contribution is 2.29. The smallest absolute Gasteiger partial charge is 0.350 e. The predicted molar refractivity (Wildman–Crippen MR) is 92.9 cm³/mol. The van der Waals surface area contributed by atoms with Gasteiger partial charge in [0.25, 0.3) is 5.69 Å². The number of hydrogen-bond acceptors (Lipinski definition) is 8. The molecule has 1 N–H and O–H groups in total. The van der Waals surface area contributed by atoms with E-state index >= 15 is 0 Å². The van der Waals surface area contributed by atoms with Crippen molar-refractivity contribution in [1.82, 2.24) is 9.78 Å². The maximum Gasteiger partial charge on any atom is 0.350 e. The van der Waals surface area contributed by atoms with E-state index in [1.165, 1.54) is 30.0 Å². The first-order valence-corrected chi connectivity index (χ1v) is 7.82. The Kier molecular flexibility index (Phi) is 6.25. The Balaban J connectivity index is 2.06. The van der Waals surface area contributed by atoms with E-state index in [0.29, 0.717) is 12.4 Å². The van der Waals surface area contributed by atoms with Gasteiger partial charge < -0.3 is 14.8 Å². The van der Waals surface area contributed by atoms with Gasteiger partial charge >= 0.3 is 11.6 Å². The lowest BCUT2D eigenvalue weighted by Crippen LogP contribution is -2.15. The number of carbonyl (C=O) groups excluding carboxylic acids is 1. The number of methoxy groups -OCH3 is 1. The largest absolute Gasteiger partial charge is 0.494 e. The summed E-state index contributed by atoms with van der Waals surface area (Å²) in [6.07, 6.45) is 1.04. The van der Waals surface area contributed by atoms with Crippen molar-refractivity contribution in [2.75, 3.05) is 19.0 Å². The second-order valence-electron chi connectivity index (χ2n) is 5.21. The monoisotopic (exact) mass is 379 g/mol. The summed E-state index contributed by atoms with van der Waals surface area (Å²) in [5, 5.41) is 28.4. The molecule has 0 bridgehead atoms. The van der Waals surface area contributed by atoms with E-state index in [1.54, 1.807) is 6.92 Å². The Bertz CT molecular complexity index is 864. The summed E-state index contributed by atoms with van der Waals surface area (Å²) in [7, 11) is 1.25. The third kappa shape index (κ3) is 4.90. The zero-order valence-corrected chi connectivity index (χ0v) is 14.6. The van der Waals surface area contributed by atoms with Gasteiger partial charge in [0.05, 0.1) is 36.2 Å². The van der Waals surface area contributed by atoms with Gasteiger partial charge in [0.15, 0.2) is 0 Å². The van der Waals surface area contributed by atoms with Crippen LogP contribution in [-0.2, 0) is 11.3 Å². The molecule has 0 aliphatic carbocycles. The summed E-state index contributed by atoms with van der Waals surface area (Å²) in [6, 6.07) is 4.11. The van der Waals surface area contributed by atoms with Crippen LogP contribution in [0.25, 0.3) is 0 Å². The minimum atomic E-state index is -0.647. The summed E-state index contributed by atoms with van der Waals surface area (Å²) >= 11 is 0. The molecule has 0 saturated heterocycles. The third-order valence-corrected chi connectivity index (χ3v) is 3.42. The molecule has 1 aromatic heterocycles. The molecule has 0 spiro atoms. The van der Waals surface area contributed by atoms with Crippen molar-refractivity contribution < 1.29 is 24.1 Å². The molecule has 12 nitrogen and oxygen atoms in total. The number of hydrogen-bond donors (Lipinski definition) is 1. The lowest BCUT2D eigenvalue weighted by molar-refractivity contribution is -0.385. The van der Waals surface area contributed by atoms with E-state index in [4.69, 9.17) is 9.47 Å². The van der Waals surface area contributed by atoms with E-state index < -0.39 is 15.8 Å². The van der Waals surface area contributed by atoms with Crippen LogP contribution in [0.2, 0.25) is 0 Å². The van der Waals surface area contributed by atoms with Gasteiger partial charge in [-0.25, -0.2) is 0 Å². The van der Waals surface area contributed by atoms with Gasteiger partial charge in [0.1, 0.15) is 17.6 Å². The number of amides is 1. The molecule has 2 rings (SSSR count). The van der Waals surface area contributed by atoms with E-state index in [2.05, 4.69) is 10.4 Å². The fourth-order valence-corrected chi connectivity index (χ4v) is 2.23. The maximum absolute atomic E-state index is 12.1. The Morgan fingerprint density at radius 2 is 1.96 bits per heavy atom. The van der Waals surface area contributed by atoms with E-state index in [1.807, 2.05) is 0 Å². The van der Waals surface area contributed by atoms with Crippen LogP contribution in [-0.4, -0.2) is 39.3 Å². The number of carbonyl (C=O) groups is 1. The molecule has 0 aliphatic rings. The number of nitrogens with zero attached hydrogens (tertiary/aromatic N) is 4. The molecule has 27 heavy (non-hydrogen) atoms. The molecule has 0 aliphatic heterocycles. The van der Waals surface area contributed by atoms with Crippen molar-refractivity contribution in [3.8, 4) is 11.6 Å². The van der Waals surface area contributed by atoms with Gasteiger partial charge in [-0.05, 0) is 19.1 Å². The average Bonchev–Trinajstić information content (AvgIpc) is 3.05. The van der Waals surface area contributed by atoms with E-state index in [-0.39, 0.29) is 35.9 Å². The minimum absolute atomic E-state index is 0.0254. The van der Waals surface area contributed by atoms with Gasteiger partial charge in [-0.15, -0.1) is 5.10 Å². The molecule has 144 valence electrons. The predicted octanol–water partition coefficient (Wildman–Crippen LogP) is 2.14. The number of nitro benzene ring substituents is 1. The highest BCUT2D eigenvalue weighted by Gasteiger charge is 2.21. The summed E-state index contributed by atoms with van der Waals surface area (Å²) < 4.78 is 11.2. The molecular weight excluding hydrogens is 362 g/mol. The topological polar surface area (TPSA) is 152 Å². The number of aryl methyl sites for hydroxylation is 1. The Morgan fingerprint density at radius 1 is 1.26 bits per heavy atom. The van der Waals surface area contributed by atoms with Crippen LogP contribution in [0.3, 0.4) is 0 Å².